The second kappa shape index (κ2) is 9.43. The molecule has 0 radical (unpaired) electrons. The number of fused-ring (bicyclic) bond motifs is 5. The van der Waals surface area contributed by atoms with Crippen molar-refractivity contribution in [2.45, 2.75) is 117 Å². The lowest BCUT2D eigenvalue weighted by atomic mass is 9.44. The molecular weight excluding hydrogens is 428 g/mol. The highest BCUT2D eigenvalue weighted by Crippen LogP contribution is 2.67. The lowest BCUT2D eigenvalue weighted by Crippen LogP contribution is -2.59. The molecule has 0 spiro atoms. The third-order valence-corrected chi connectivity index (χ3v) is 11.8. The Labute approximate surface area is 206 Å². The first-order valence-electron chi connectivity index (χ1n) is 14.1. The molecule has 0 aromatic rings. The molecule has 0 saturated heterocycles. The molecule has 4 fully saturated rings. The minimum Gasteiger partial charge on any atom is -0.390 e. The third kappa shape index (κ3) is 4.01. The number of hydrogen-bond acceptors (Lipinski definition) is 5. The fourth-order valence-corrected chi connectivity index (χ4v) is 9.89. The van der Waals surface area contributed by atoms with E-state index in [1.807, 2.05) is 0 Å². The van der Waals surface area contributed by atoms with Gasteiger partial charge < -0.3 is 20.4 Å². The van der Waals surface area contributed by atoms with Crippen LogP contribution in [0, 0.1) is 58.2 Å². The van der Waals surface area contributed by atoms with Crippen molar-refractivity contribution in [2.24, 2.45) is 58.2 Å². The van der Waals surface area contributed by atoms with Crippen LogP contribution in [0.15, 0.2) is 0 Å². The van der Waals surface area contributed by atoms with Gasteiger partial charge in [-0.15, -0.1) is 0 Å². The zero-order valence-corrected chi connectivity index (χ0v) is 22.3. The molecule has 13 atom stereocenters. The van der Waals surface area contributed by atoms with Gasteiger partial charge in [0.1, 0.15) is 5.78 Å². The molecule has 0 aliphatic heterocycles. The van der Waals surface area contributed by atoms with Gasteiger partial charge in [0.2, 0.25) is 0 Å². The highest BCUT2D eigenvalue weighted by molar-refractivity contribution is 5.83. The number of carbonyl (C=O) groups is 1. The summed E-state index contributed by atoms with van der Waals surface area (Å²) in [7, 11) is 0. The molecule has 4 aliphatic carbocycles. The van der Waals surface area contributed by atoms with Crippen LogP contribution in [0.3, 0.4) is 0 Å². The van der Waals surface area contributed by atoms with Gasteiger partial charge in [-0.25, -0.2) is 0 Å². The number of Topliss-reactive ketones (excluding diaryl/α,β-unsaturated/α-hetero) is 1. The Kier molecular flexibility index (Phi) is 7.37. The van der Waals surface area contributed by atoms with Crippen LogP contribution in [-0.4, -0.2) is 50.6 Å². The van der Waals surface area contributed by atoms with Gasteiger partial charge in [-0.3, -0.25) is 4.79 Å². The van der Waals surface area contributed by atoms with Crippen LogP contribution in [0.5, 0.6) is 0 Å². The van der Waals surface area contributed by atoms with Gasteiger partial charge >= 0.3 is 0 Å². The minimum atomic E-state index is -0.783. The fourth-order valence-electron chi connectivity index (χ4n) is 9.89. The van der Waals surface area contributed by atoms with Gasteiger partial charge in [0.25, 0.3) is 0 Å². The van der Waals surface area contributed by atoms with E-state index in [1.54, 1.807) is 0 Å². The van der Waals surface area contributed by atoms with E-state index in [1.165, 1.54) is 0 Å². The molecule has 196 valence electrons. The Morgan fingerprint density at radius 3 is 2.21 bits per heavy atom. The van der Waals surface area contributed by atoms with Crippen LogP contribution in [0.25, 0.3) is 0 Å². The van der Waals surface area contributed by atoms with Crippen LogP contribution < -0.4 is 0 Å². The Morgan fingerprint density at radius 2 is 1.59 bits per heavy atom. The summed E-state index contributed by atoms with van der Waals surface area (Å²) in [6, 6.07) is 0. The van der Waals surface area contributed by atoms with Crippen molar-refractivity contribution in [3.05, 3.63) is 0 Å². The van der Waals surface area contributed by atoms with Crippen molar-refractivity contribution in [2.75, 3.05) is 0 Å². The molecule has 34 heavy (non-hydrogen) atoms. The van der Waals surface area contributed by atoms with Crippen LogP contribution in [0.2, 0.25) is 0 Å². The monoisotopic (exact) mass is 478 g/mol. The molecule has 0 aromatic carbocycles. The Hall–Kier alpha value is -0.490. The predicted octanol–water partition coefficient (Wildman–Crippen LogP) is 4.20. The van der Waals surface area contributed by atoms with Crippen LogP contribution >= 0.6 is 0 Å². The van der Waals surface area contributed by atoms with E-state index in [0.717, 1.165) is 32.1 Å². The quantitative estimate of drug-likeness (QED) is 0.459. The first-order valence-corrected chi connectivity index (χ1v) is 14.1. The number of carbonyl (C=O) groups excluding carboxylic acids is 1. The summed E-state index contributed by atoms with van der Waals surface area (Å²) < 4.78 is 0. The van der Waals surface area contributed by atoms with E-state index in [9.17, 15) is 25.2 Å². The lowest BCUT2D eigenvalue weighted by molar-refractivity contribution is -0.175. The molecule has 5 unspecified atom stereocenters. The molecule has 5 heteroatoms. The third-order valence-electron chi connectivity index (χ3n) is 11.8. The molecule has 5 nitrogen and oxygen atoms in total. The van der Waals surface area contributed by atoms with Gasteiger partial charge in [0, 0.05) is 12.3 Å². The second-order valence-electron chi connectivity index (χ2n) is 13.6. The van der Waals surface area contributed by atoms with Crippen molar-refractivity contribution in [3.63, 3.8) is 0 Å². The molecule has 0 heterocycles. The molecule has 4 aliphatic rings. The standard InChI is InChI=1S/C29H50O5/c1-7-17(15(2)3)27(34)26(33)16(4)19-8-9-20-18-12-23(30)22-13-24(31)25(32)14-29(22,6)21(18)10-11-28(19,20)5/h15-22,24-27,31-34H,7-14H2,1-6H3/t16?,17?,18-,19?,20?,21?,22+,24-,25+,26+,27+,28+,29+/m0/s1. The van der Waals surface area contributed by atoms with E-state index in [0.29, 0.717) is 48.9 Å². The number of aliphatic hydroxyl groups excluding tert-OH is 4. The maximum Gasteiger partial charge on any atom is 0.136 e. The summed E-state index contributed by atoms with van der Waals surface area (Å²) in [5.74, 6) is 2.12. The van der Waals surface area contributed by atoms with Crippen molar-refractivity contribution in [3.8, 4) is 0 Å². The van der Waals surface area contributed by atoms with Gasteiger partial charge in [0.05, 0.1) is 24.4 Å². The highest BCUT2D eigenvalue weighted by Gasteiger charge is 2.63. The van der Waals surface area contributed by atoms with Gasteiger partial charge in [0.15, 0.2) is 0 Å². The second-order valence-corrected chi connectivity index (χ2v) is 13.6. The van der Waals surface area contributed by atoms with E-state index < -0.39 is 24.4 Å². The van der Waals surface area contributed by atoms with E-state index in [-0.39, 0.29) is 34.4 Å². The van der Waals surface area contributed by atoms with Crippen molar-refractivity contribution in [1.82, 2.24) is 0 Å². The normalized spacial score (nSPS) is 48.0. The van der Waals surface area contributed by atoms with E-state index in [2.05, 4.69) is 41.5 Å². The van der Waals surface area contributed by atoms with Crippen molar-refractivity contribution >= 4 is 5.78 Å². The van der Waals surface area contributed by atoms with E-state index >= 15 is 0 Å². The van der Waals surface area contributed by atoms with E-state index in [4.69, 9.17) is 0 Å². The summed E-state index contributed by atoms with van der Waals surface area (Å²) in [6.45, 7) is 13.1. The fraction of sp³-hybridized carbons (Fsp3) is 0.966. The van der Waals surface area contributed by atoms with Crippen molar-refractivity contribution < 1.29 is 25.2 Å². The molecule has 0 amide bonds. The summed E-state index contributed by atoms with van der Waals surface area (Å²) in [5.41, 5.74) is -0.165. The van der Waals surface area contributed by atoms with Gasteiger partial charge in [-0.05, 0) is 90.8 Å². The Morgan fingerprint density at radius 1 is 0.941 bits per heavy atom. The zero-order valence-electron chi connectivity index (χ0n) is 22.3. The summed E-state index contributed by atoms with van der Waals surface area (Å²) >= 11 is 0. The average Bonchev–Trinajstić information content (AvgIpc) is 3.12. The SMILES string of the molecule is CCC(C(C)C)[C@@H](O)[C@H](O)C(C)C1CCC2[C@@H]3CC(=O)[C@H]4C[C@H](O)[C@H](O)C[C@]4(C)C3CC[C@]12C. The summed E-state index contributed by atoms with van der Waals surface area (Å²) in [5, 5.41) is 43.1. The minimum absolute atomic E-state index is 0.0172. The molecule has 4 rings (SSSR count). The molecule has 0 bridgehead atoms. The first-order chi connectivity index (χ1) is 15.9. The first kappa shape index (κ1) is 26.6. The Balaban J connectivity index is 1.55. The molecular formula is C29H50O5. The predicted molar refractivity (Wildman–Crippen MR) is 133 cm³/mol. The molecule has 4 N–H and O–H groups in total. The number of aliphatic hydroxyl groups is 4. The van der Waals surface area contributed by atoms with Gasteiger partial charge in [-0.1, -0.05) is 48.0 Å². The average molecular weight is 479 g/mol. The number of rotatable bonds is 6. The number of ketones is 1. The molecule has 4 saturated carbocycles. The largest absolute Gasteiger partial charge is 0.390 e. The summed E-state index contributed by atoms with van der Waals surface area (Å²) in [6.07, 6.45) is 3.69. The van der Waals surface area contributed by atoms with Crippen LogP contribution in [0.1, 0.15) is 92.9 Å². The van der Waals surface area contributed by atoms with Crippen LogP contribution in [-0.2, 0) is 4.79 Å². The smallest absolute Gasteiger partial charge is 0.136 e. The maximum absolute atomic E-state index is 13.4. The number of hydrogen-bond donors (Lipinski definition) is 4. The topological polar surface area (TPSA) is 98.0 Å². The highest BCUT2D eigenvalue weighted by atomic mass is 16.3. The zero-order chi connectivity index (χ0) is 25.2. The maximum atomic E-state index is 13.4. The van der Waals surface area contributed by atoms with Crippen LogP contribution in [0.4, 0.5) is 0 Å². The summed E-state index contributed by atoms with van der Waals surface area (Å²) in [4.78, 5) is 13.4. The van der Waals surface area contributed by atoms with Crippen molar-refractivity contribution in [1.29, 1.82) is 0 Å². The lowest BCUT2D eigenvalue weighted by Gasteiger charge is -2.61. The van der Waals surface area contributed by atoms with Gasteiger partial charge in [-0.2, -0.15) is 0 Å². The molecule has 0 aromatic heterocycles. The Bertz CT molecular complexity index is 753.